The molecular formula is C13H14ClN3O. The van der Waals surface area contributed by atoms with Crippen LogP contribution in [0.2, 0.25) is 5.28 Å². The molecule has 4 nitrogen and oxygen atoms in total. The van der Waals surface area contributed by atoms with Crippen LogP contribution in [0.3, 0.4) is 0 Å². The molecule has 5 heteroatoms. The summed E-state index contributed by atoms with van der Waals surface area (Å²) in [7, 11) is 1.56. The largest absolute Gasteiger partial charge is 0.481 e. The van der Waals surface area contributed by atoms with Crippen LogP contribution in [0.15, 0.2) is 30.3 Å². The van der Waals surface area contributed by atoms with E-state index in [1.165, 1.54) is 5.56 Å². The Hall–Kier alpha value is -1.81. The summed E-state index contributed by atoms with van der Waals surface area (Å²) in [6.45, 7) is 2.57. The molecule has 0 bridgehead atoms. The first-order valence-electron chi connectivity index (χ1n) is 5.56. The number of hydrogen-bond donors (Lipinski definition) is 1. The molecule has 0 aliphatic rings. The van der Waals surface area contributed by atoms with Crippen molar-refractivity contribution in [2.75, 3.05) is 12.4 Å². The molecule has 0 saturated carbocycles. The standard InChI is InChI=1S/C13H14ClN3O/c1-9-11(16-13(14)17-12(9)18-2)15-8-10-6-4-3-5-7-10/h3-7H,8H2,1-2H3,(H,15,16,17). The number of aromatic nitrogens is 2. The lowest BCUT2D eigenvalue weighted by atomic mass is 10.2. The van der Waals surface area contributed by atoms with Gasteiger partial charge in [0, 0.05) is 6.54 Å². The first kappa shape index (κ1) is 12.6. The Kier molecular flexibility index (Phi) is 3.99. The van der Waals surface area contributed by atoms with Crippen molar-refractivity contribution < 1.29 is 4.74 Å². The highest BCUT2D eigenvalue weighted by molar-refractivity contribution is 6.28. The van der Waals surface area contributed by atoms with E-state index in [1.54, 1.807) is 7.11 Å². The molecule has 0 saturated heterocycles. The lowest BCUT2D eigenvalue weighted by Gasteiger charge is -2.11. The zero-order valence-corrected chi connectivity index (χ0v) is 11.0. The molecule has 0 aliphatic carbocycles. The van der Waals surface area contributed by atoms with Gasteiger partial charge in [-0.25, -0.2) is 4.98 Å². The van der Waals surface area contributed by atoms with Crippen LogP contribution in [0.4, 0.5) is 5.82 Å². The van der Waals surface area contributed by atoms with Crippen molar-refractivity contribution in [3.63, 3.8) is 0 Å². The van der Waals surface area contributed by atoms with Gasteiger partial charge < -0.3 is 10.1 Å². The summed E-state index contributed by atoms with van der Waals surface area (Å²) in [6, 6.07) is 10.1. The van der Waals surface area contributed by atoms with E-state index < -0.39 is 0 Å². The van der Waals surface area contributed by atoms with Gasteiger partial charge in [-0.15, -0.1) is 0 Å². The number of rotatable bonds is 4. The molecule has 0 spiro atoms. The highest BCUT2D eigenvalue weighted by Gasteiger charge is 2.09. The highest BCUT2D eigenvalue weighted by Crippen LogP contribution is 2.23. The second-order valence-corrected chi connectivity index (χ2v) is 4.15. The minimum atomic E-state index is 0.174. The van der Waals surface area contributed by atoms with Crippen LogP contribution in [0, 0.1) is 6.92 Å². The second-order valence-electron chi connectivity index (χ2n) is 3.81. The van der Waals surface area contributed by atoms with Crippen LogP contribution in [0.1, 0.15) is 11.1 Å². The van der Waals surface area contributed by atoms with E-state index in [4.69, 9.17) is 16.3 Å². The van der Waals surface area contributed by atoms with Gasteiger partial charge in [0.2, 0.25) is 11.2 Å². The van der Waals surface area contributed by atoms with Gasteiger partial charge in [-0.1, -0.05) is 30.3 Å². The number of methoxy groups -OCH3 is 1. The first-order chi connectivity index (χ1) is 8.70. The summed E-state index contributed by atoms with van der Waals surface area (Å²) in [6.07, 6.45) is 0. The Morgan fingerprint density at radius 2 is 1.94 bits per heavy atom. The van der Waals surface area contributed by atoms with Crippen LogP contribution in [0.25, 0.3) is 0 Å². The third-order valence-corrected chi connectivity index (χ3v) is 2.74. The van der Waals surface area contributed by atoms with Crippen molar-refractivity contribution in [1.82, 2.24) is 9.97 Å². The molecular weight excluding hydrogens is 250 g/mol. The number of anilines is 1. The first-order valence-corrected chi connectivity index (χ1v) is 5.94. The molecule has 2 rings (SSSR count). The monoisotopic (exact) mass is 263 g/mol. The zero-order chi connectivity index (χ0) is 13.0. The summed E-state index contributed by atoms with van der Waals surface area (Å²) in [5.74, 6) is 1.18. The average Bonchev–Trinajstić information content (AvgIpc) is 2.40. The second kappa shape index (κ2) is 5.69. The molecule has 1 aromatic carbocycles. The number of halogens is 1. The van der Waals surface area contributed by atoms with Crippen LogP contribution >= 0.6 is 11.6 Å². The molecule has 0 atom stereocenters. The molecule has 1 aromatic heterocycles. The van der Waals surface area contributed by atoms with E-state index in [0.29, 0.717) is 18.2 Å². The van der Waals surface area contributed by atoms with Gasteiger partial charge in [-0.05, 0) is 24.1 Å². The fourth-order valence-electron chi connectivity index (χ4n) is 1.62. The van der Waals surface area contributed by atoms with Gasteiger partial charge in [0.25, 0.3) is 0 Å². The molecule has 0 unspecified atom stereocenters. The van der Waals surface area contributed by atoms with E-state index in [-0.39, 0.29) is 5.28 Å². The molecule has 1 N–H and O–H groups in total. The number of benzene rings is 1. The maximum atomic E-state index is 5.84. The van der Waals surface area contributed by atoms with E-state index in [1.807, 2.05) is 37.3 Å². The van der Waals surface area contributed by atoms with Crippen LogP contribution in [-0.2, 0) is 6.54 Å². The fourth-order valence-corrected chi connectivity index (χ4v) is 1.78. The van der Waals surface area contributed by atoms with Crippen molar-refractivity contribution in [3.05, 3.63) is 46.7 Å². The number of hydrogen-bond acceptors (Lipinski definition) is 4. The summed E-state index contributed by atoms with van der Waals surface area (Å²) < 4.78 is 5.14. The Bertz CT molecular complexity index is 531. The Morgan fingerprint density at radius 3 is 2.61 bits per heavy atom. The normalized spacial score (nSPS) is 10.2. The maximum absolute atomic E-state index is 5.84. The van der Waals surface area contributed by atoms with Gasteiger partial charge in [0.15, 0.2) is 0 Å². The van der Waals surface area contributed by atoms with Crippen LogP contribution in [0.5, 0.6) is 5.88 Å². The highest BCUT2D eigenvalue weighted by atomic mass is 35.5. The third-order valence-electron chi connectivity index (χ3n) is 2.57. The molecule has 0 fully saturated rings. The number of ether oxygens (including phenoxy) is 1. The Morgan fingerprint density at radius 1 is 1.22 bits per heavy atom. The van der Waals surface area contributed by atoms with Crippen LogP contribution < -0.4 is 10.1 Å². The SMILES string of the molecule is COc1nc(Cl)nc(NCc2ccccc2)c1C. The molecule has 2 aromatic rings. The Balaban J connectivity index is 2.17. The Labute approximate surface area is 111 Å². The van der Waals surface area contributed by atoms with E-state index in [9.17, 15) is 0 Å². The fraction of sp³-hybridized carbons (Fsp3) is 0.231. The van der Waals surface area contributed by atoms with E-state index in [0.717, 1.165) is 5.56 Å². The number of nitrogens with one attached hydrogen (secondary N) is 1. The third kappa shape index (κ3) is 2.90. The molecule has 0 amide bonds. The van der Waals surface area contributed by atoms with E-state index >= 15 is 0 Å². The van der Waals surface area contributed by atoms with Gasteiger partial charge in [0.1, 0.15) is 5.82 Å². The maximum Gasteiger partial charge on any atom is 0.227 e. The smallest absolute Gasteiger partial charge is 0.227 e. The predicted molar refractivity (Wildman–Crippen MR) is 72.1 cm³/mol. The minimum Gasteiger partial charge on any atom is -0.481 e. The van der Waals surface area contributed by atoms with Crippen LogP contribution in [-0.4, -0.2) is 17.1 Å². The molecule has 94 valence electrons. The van der Waals surface area contributed by atoms with Gasteiger partial charge in [-0.3, -0.25) is 0 Å². The molecule has 18 heavy (non-hydrogen) atoms. The van der Waals surface area contributed by atoms with Crippen molar-refractivity contribution in [2.45, 2.75) is 13.5 Å². The van der Waals surface area contributed by atoms with Crippen molar-refractivity contribution in [2.24, 2.45) is 0 Å². The van der Waals surface area contributed by atoms with Crippen molar-refractivity contribution in [3.8, 4) is 5.88 Å². The van der Waals surface area contributed by atoms with Gasteiger partial charge in [0.05, 0.1) is 12.7 Å². The van der Waals surface area contributed by atoms with Crippen molar-refractivity contribution in [1.29, 1.82) is 0 Å². The summed E-state index contributed by atoms with van der Waals surface area (Å²) >= 11 is 5.84. The summed E-state index contributed by atoms with van der Waals surface area (Å²) in [5, 5.41) is 3.40. The minimum absolute atomic E-state index is 0.174. The topological polar surface area (TPSA) is 47.0 Å². The van der Waals surface area contributed by atoms with Gasteiger partial charge >= 0.3 is 0 Å². The molecule has 1 heterocycles. The predicted octanol–water partition coefficient (Wildman–Crippen LogP) is 3.06. The molecule has 0 radical (unpaired) electrons. The molecule has 0 aliphatic heterocycles. The number of nitrogens with zero attached hydrogens (tertiary/aromatic N) is 2. The quantitative estimate of drug-likeness (QED) is 0.862. The summed E-state index contributed by atoms with van der Waals surface area (Å²) in [4.78, 5) is 8.16. The average molecular weight is 264 g/mol. The van der Waals surface area contributed by atoms with Gasteiger partial charge in [-0.2, -0.15) is 4.98 Å². The van der Waals surface area contributed by atoms with E-state index in [2.05, 4.69) is 15.3 Å². The lowest BCUT2D eigenvalue weighted by molar-refractivity contribution is 0.394. The lowest BCUT2D eigenvalue weighted by Crippen LogP contribution is -2.05. The zero-order valence-electron chi connectivity index (χ0n) is 10.3. The van der Waals surface area contributed by atoms with Crippen molar-refractivity contribution >= 4 is 17.4 Å². The summed E-state index contributed by atoms with van der Waals surface area (Å²) in [5.41, 5.74) is 2.02.